The molecule has 0 aromatic carbocycles. The highest BCUT2D eigenvalue weighted by atomic mass is 35.5. The van der Waals surface area contributed by atoms with Crippen molar-refractivity contribution in [2.24, 2.45) is 4.99 Å². The molecule has 3 heteroatoms. The van der Waals surface area contributed by atoms with Gasteiger partial charge in [-0.05, 0) is 29.6 Å². The lowest BCUT2D eigenvalue weighted by Crippen LogP contribution is -1.85. The quantitative estimate of drug-likeness (QED) is 0.451. The third-order valence-corrected chi connectivity index (χ3v) is 1.16. The summed E-state index contributed by atoms with van der Waals surface area (Å²) in [6.07, 6.45) is 0.921. The first-order chi connectivity index (χ1) is 4.16. The second-order valence-corrected chi connectivity index (χ2v) is 2.57. The Balaban J connectivity index is 3.50. The molecule has 0 heterocycles. The van der Waals surface area contributed by atoms with Crippen LogP contribution in [0.15, 0.2) is 17.1 Å². The Bertz CT molecular complexity index is 125. The fourth-order valence-electron chi connectivity index (χ4n) is 0.283. The summed E-state index contributed by atoms with van der Waals surface area (Å²) in [5, 5.41) is 0. The molecule has 0 rings (SSSR count). The predicted molar refractivity (Wildman–Crippen MR) is 43.4 cm³/mol. The molecule has 0 bridgehead atoms. The molecule has 52 valence electrons. The van der Waals surface area contributed by atoms with Gasteiger partial charge in [0.25, 0.3) is 0 Å². The van der Waals surface area contributed by atoms with Crippen molar-refractivity contribution in [1.82, 2.24) is 0 Å². The standard InChI is InChI=1S/C6H9Cl2N/c1-3-5(2)4-9-6(7)8/h2-4H2,1H3. The summed E-state index contributed by atoms with van der Waals surface area (Å²) in [5.74, 6) is 0. The van der Waals surface area contributed by atoms with E-state index in [-0.39, 0.29) is 4.63 Å². The third-order valence-electron chi connectivity index (χ3n) is 0.922. The SMILES string of the molecule is C=C(CC)CN=C(Cl)Cl. The summed E-state index contributed by atoms with van der Waals surface area (Å²) in [6, 6.07) is 0. The zero-order valence-electron chi connectivity index (χ0n) is 5.32. The van der Waals surface area contributed by atoms with Crippen LogP contribution in [-0.4, -0.2) is 11.2 Å². The van der Waals surface area contributed by atoms with Crippen molar-refractivity contribution >= 4 is 27.8 Å². The molecule has 0 aromatic rings. The molecule has 1 nitrogen and oxygen atoms in total. The normalized spacial score (nSPS) is 8.78. The smallest absolute Gasteiger partial charge is 0.192 e. The highest BCUT2D eigenvalue weighted by Crippen LogP contribution is 1.99. The molecule has 0 aliphatic rings. The van der Waals surface area contributed by atoms with Crippen LogP contribution in [0.1, 0.15) is 13.3 Å². The summed E-state index contributed by atoms with van der Waals surface area (Å²) in [6.45, 7) is 6.28. The van der Waals surface area contributed by atoms with Crippen LogP contribution in [-0.2, 0) is 0 Å². The molecule has 0 aliphatic carbocycles. The Morgan fingerprint density at radius 1 is 1.56 bits per heavy atom. The zero-order chi connectivity index (χ0) is 7.28. The first-order valence-corrected chi connectivity index (χ1v) is 3.44. The average molecular weight is 166 g/mol. The molecule has 0 spiro atoms. The molecule has 0 atom stereocenters. The second-order valence-electron chi connectivity index (χ2n) is 1.66. The summed E-state index contributed by atoms with van der Waals surface area (Å²) in [7, 11) is 0. The van der Waals surface area contributed by atoms with Crippen LogP contribution in [0.4, 0.5) is 0 Å². The number of nitrogens with zero attached hydrogens (tertiary/aromatic N) is 1. The average Bonchev–Trinajstić information content (AvgIpc) is 1.83. The van der Waals surface area contributed by atoms with E-state index >= 15 is 0 Å². The Labute approximate surface area is 65.4 Å². The van der Waals surface area contributed by atoms with Gasteiger partial charge in [0, 0.05) is 0 Å². The van der Waals surface area contributed by atoms with Gasteiger partial charge < -0.3 is 0 Å². The van der Waals surface area contributed by atoms with E-state index < -0.39 is 0 Å². The van der Waals surface area contributed by atoms with Crippen molar-refractivity contribution in [3.05, 3.63) is 12.2 Å². The summed E-state index contributed by atoms with van der Waals surface area (Å²) in [4.78, 5) is 3.74. The third kappa shape index (κ3) is 5.87. The van der Waals surface area contributed by atoms with Crippen LogP contribution < -0.4 is 0 Å². The molecule has 0 fully saturated rings. The molecule has 0 N–H and O–H groups in total. The molecule has 0 saturated heterocycles. The maximum atomic E-state index is 5.25. The molecule has 0 amide bonds. The summed E-state index contributed by atoms with van der Waals surface area (Å²) in [5.41, 5.74) is 1.04. The fourth-order valence-corrected chi connectivity index (χ4v) is 0.403. The van der Waals surface area contributed by atoms with Crippen LogP contribution in [0.3, 0.4) is 0 Å². The molecular formula is C6H9Cl2N. The van der Waals surface area contributed by atoms with Gasteiger partial charge in [-0.25, -0.2) is 0 Å². The lowest BCUT2D eigenvalue weighted by atomic mass is 10.2. The number of halogens is 2. The molecule has 0 unspecified atom stereocenters. The van der Waals surface area contributed by atoms with Crippen molar-refractivity contribution in [3.63, 3.8) is 0 Å². The lowest BCUT2D eigenvalue weighted by molar-refractivity contribution is 1.02. The minimum absolute atomic E-state index is 0.0737. The molecule has 0 saturated carbocycles. The van der Waals surface area contributed by atoms with E-state index in [1.807, 2.05) is 6.92 Å². The second kappa shape index (κ2) is 4.83. The van der Waals surface area contributed by atoms with Crippen molar-refractivity contribution < 1.29 is 0 Å². The maximum absolute atomic E-state index is 5.25. The van der Waals surface area contributed by atoms with Crippen LogP contribution in [0.2, 0.25) is 0 Å². The number of hydrogen-bond donors (Lipinski definition) is 0. The Hall–Kier alpha value is -0.0100. The molecular weight excluding hydrogens is 157 g/mol. The van der Waals surface area contributed by atoms with Crippen LogP contribution in [0.5, 0.6) is 0 Å². The number of aliphatic imine (C=N–C) groups is 1. The maximum Gasteiger partial charge on any atom is 0.192 e. The summed E-state index contributed by atoms with van der Waals surface area (Å²) >= 11 is 10.5. The Kier molecular flexibility index (Phi) is 4.83. The van der Waals surface area contributed by atoms with Crippen molar-refractivity contribution in [2.75, 3.05) is 6.54 Å². The topological polar surface area (TPSA) is 12.4 Å². The molecule has 0 aliphatic heterocycles. The van der Waals surface area contributed by atoms with E-state index in [1.165, 1.54) is 0 Å². The lowest BCUT2D eigenvalue weighted by Gasteiger charge is -1.93. The van der Waals surface area contributed by atoms with Gasteiger partial charge in [-0.2, -0.15) is 0 Å². The van der Waals surface area contributed by atoms with E-state index in [0.717, 1.165) is 12.0 Å². The van der Waals surface area contributed by atoms with Crippen molar-refractivity contribution in [3.8, 4) is 0 Å². The molecule has 9 heavy (non-hydrogen) atoms. The minimum atomic E-state index is 0.0737. The van der Waals surface area contributed by atoms with Crippen LogP contribution in [0, 0.1) is 0 Å². The fraction of sp³-hybridized carbons (Fsp3) is 0.500. The van der Waals surface area contributed by atoms with Gasteiger partial charge in [0.05, 0.1) is 6.54 Å². The van der Waals surface area contributed by atoms with Crippen LogP contribution in [0.25, 0.3) is 0 Å². The van der Waals surface area contributed by atoms with Crippen molar-refractivity contribution in [2.45, 2.75) is 13.3 Å². The van der Waals surface area contributed by atoms with Gasteiger partial charge >= 0.3 is 0 Å². The van der Waals surface area contributed by atoms with E-state index in [4.69, 9.17) is 23.2 Å². The van der Waals surface area contributed by atoms with Crippen molar-refractivity contribution in [1.29, 1.82) is 0 Å². The molecule has 0 aromatic heterocycles. The van der Waals surface area contributed by atoms with Gasteiger partial charge in [-0.3, -0.25) is 4.99 Å². The summed E-state index contributed by atoms with van der Waals surface area (Å²) < 4.78 is 0.0737. The highest BCUT2D eigenvalue weighted by Gasteiger charge is 1.87. The minimum Gasteiger partial charge on any atom is -0.258 e. The largest absolute Gasteiger partial charge is 0.258 e. The first-order valence-electron chi connectivity index (χ1n) is 2.69. The first kappa shape index (κ1) is 8.99. The van der Waals surface area contributed by atoms with E-state index in [1.54, 1.807) is 0 Å². The van der Waals surface area contributed by atoms with Gasteiger partial charge in [-0.15, -0.1) is 0 Å². The van der Waals surface area contributed by atoms with E-state index in [2.05, 4.69) is 11.6 Å². The molecule has 0 radical (unpaired) electrons. The van der Waals surface area contributed by atoms with Gasteiger partial charge in [0.1, 0.15) is 0 Å². The van der Waals surface area contributed by atoms with E-state index in [0.29, 0.717) is 6.54 Å². The van der Waals surface area contributed by atoms with Gasteiger partial charge in [-0.1, -0.05) is 19.1 Å². The number of hydrogen-bond acceptors (Lipinski definition) is 1. The van der Waals surface area contributed by atoms with Crippen LogP contribution >= 0.6 is 23.2 Å². The van der Waals surface area contributed by atoms with Gasteiger partial charge in [0.2, 0.25) is 0 Å². The number of rotatable bonds is 3. The highest BCUT2D eigenvalue weighted by molar-refractivity contribution is 6.95. The van der Waals surface area contributed by atoms with E-state index in [9.17, 15) is 0 Å². The zero-order valence-corrected chi connectivity index (χ0v) is 6.84. The van der Waals surface area contributed by atoms with Gasteiger partial charge in [0.15, 0.2) is 4.63 Å². The monoisotopic (exact) mass is 165 g/mol. The Morgan fingerprint density at radius 2 is 2.11 bits per heavy atom. The predicted octanol–water partition coefficient (Wildman–Crippen LogP) is 2.79. The Morgan fingerprint density at radius 3 is 2.44 bits per heavy atom.